The molecule has 0 bridgehead atoms. The summed E-state index contributed by atoms with van der Waals surface area (Å²) in [6.45, 7) is 0.871. The highest BCUT2D eigenvalue weighted by atomic mass is 35.5. The van der Waals surface area contributed by atoms with Gasteiger partial charge in [0.2, 0.25) is 0 Å². The standard InChI is InChI=1S/C24H22ClN3O7/c25-16-4-2-1-3-15(16)13-28-8-7-18(29)22(23(28)32)27-24(33)26-17(12-21(30)31)14-5-6-19-20(11-14)35-10-9-34-19/h1-8,11,17,29H,9-10,12-13H2,(H,30,31)(H2,26,27,33)/t17-/m0/s1. The van der Waals surface area contributed by atoms with Gasteiger partial charge in [0.15, 0.2) is 17.2 Å². The average Bonchev–Trinajstić information content (AvgIpc) is 2.84. The monoisotopic (exact) mass is 499 g/mol. The highest BCUT2D eigenvalue weighted by molar-refractivity contribution is 6.31. The molecule has 10 nitrogen and oxygen atoms in total. The smallest absolute Gasteiger partial charge is 0.319 e. The molecule has 182 valence electrons. The maximum atomic E-state index is 12.9. The van der Waals surface area contributed by atoms with Gasteiger partial charge in [-0.1, -0.05) is 35.9 Å². The Morgan fingerprint density at radius 2 is 1.83 bits per heavy atom. The summed E-state index contributed by atoms with van der Waals surface area (Å²) < 4.78 is 12.3. The van der Waals surface area contributed by atoms with E-state index < -0.39 is 35.8 Å². The number of pyridine rings is 1. The van der Waals surface area contributed by atoms with Gasteiger partial charge in [-0.3, -0.25) is 9.59 Å². The first-order valence-electron chi connectivity index (χ1n) is 10.7. The number of carboxylic acid groups (broad SMARTS) is 1. The molecule has 35 heavy (non-hydrogen) atoms. The molecule has 1 aliphatic heterocycles. The van der Waals surface area contributed by atoms with Crippen molar-refractivity contribution in [2.24, 2.45) is 0 Å². The van der Waals surface area contributed by atoms with Gasteiger partial charge in [-0.2, -0.15) is 0 Å². The number of nitrogens with zero attached hydrogens (tertiary/aromatic N) is 1. The van der Waals surface area contributed by atoms with Gasteiger partial charge in [0.1, 0.15) is 19.0 Å². The minimum absolute atomic E-state index is 0.119. The summed E-state index contributed by atoms with van der Waals surface area (Å²) in [5.74, 6) is -0.620. The van der Waals surface area contributed by atoms with Gasteiger partial charge in [-0.05, 0) is 35.4 Å². The van der Waals surface area contributed by atoms with Crippen LogP contribution < -0.4 is 25.7 Å². The van der Waals surface area contributed by atoms with Crippen LogP contribution in [0.25, 0.3) is 0 Å². The average molecular weight is 500 g/mol. The number of carbonyl (C=O) groups is 2. The first kappa shape index (κ1) is 24.0. The Balaban J connectivity index is 1.54. The number of hydrogen-bond acceptors (Lipinski definition) is 6. The molecule has 0 radical (unpaired) electrons. The number of ether oxygens (including phenoxy) is 2. The molecule has 0 saturated heterocycles. The lowest BCUT2D eigenvalue weighted by molar-refractivity contribution is -0.137. The number of aromatic nitrogens is 1. The van der Waals surface area contributed by atoms with Crippen molar-refractivity contribution in [2.75, 3.05) is 18.5 Å². The molecule has 4 rings (SSSR count). The van der Waals surface area contributed by atoms with Gasteiger partial charge in [0.05, 0.1) is 19.0 Å². The SMILES string of the molecule is O=C(O)C[C@H](NC(=O)Nc1c(O)ccn(Cc2ccccc2Cl)c1=O)c1ccc2c(c1)OCCO2. The molecule has 0 saturated carbocycles. The van der Waals surface area contributed by atoms with Gasteiger partial charge < -0.3 is 34.9 Å². The molecule has 1 aliphatic rings. The summed E-state index contributed by atoms with van der Waals surface area (Å²) in [5, 5.41) is 24.9. The molecule has 1 aromatic heterocycles. The third kappa shape index (κ3) is 5.67. The van der Waals surface area contributed by atoms with E-state index in [4.69, 9.17) is 21.1 Å². The van der Waals surface area contributed by atoms with E-state index in [-0.39, 0.29) is 12.2 Å². The Labute approximate surface area is 204 Å². The lowest BCUT2D eigenvalue weighted by Gasteiger charge is -2.22. The second kappa shape index (κ2) is 10.4. The predicted octanol–water partition coefficient (Wildman–Crippen LogP) is 3.36. The van der Waals surface area contributed by atoms with E-state index in [1.54, 1.807) is 42.5 Å². The molecule has 3 aromatic rings. The number of carboxylic acids is 1. The van der Waals surface area contributed by atoms with E-state index >= 15 is 0 Å². The van der Waals surface area contributed by atoms with Crippen LogP contribution in [-0.2, 0) is 11.3 Å². The number of urea groups is 1. The third-order valence-corrected chi connectivity index (χ3v) is 5.70. The highest BCUT2D eigenvalue weighted by Gasteiger charge is 2.22. The number of carbonyl (C=O) groups excluding carboxylic acids is 1. The number of aliphatic carboxylic acids is 1. The summed E-state index contributed by atoms with van der Waals surface area (Å²) in [6.07, 6.45) is 0.955. The number of nitrogens with one attached hydrogen (secondary N) is 2. The number of halogens is 1. The van der Waals surface area contributed by atoms with Crippen LogP contribution in [0.2, 0.25) is 5.02 Å². The minimum Gasteiger partial charge on any atom is -0.505 e. The Morgan fingerprint density at radius 3 is 2.57 bits per heavy atom. The van der Waals surface area contributed by atoms with Crippen molar-refractivity contribution >= 4 is 29.3 Å². The van der Waals surface area contributed by atoms with Gasteiger partial charge in [0.25, 0.3) is 5.56 Å². The molecule has 1 atom stereocenters. The number of benzene rings is 2. The van der Waals surface area contributed by atoms with Crippen LogP contribution in [0.4, 0.5) is 10.5 Å². The number of amides is 2. The molecular formula is C24H22ClN3O7. The zero-order valence-electron chi connectivity index (χ0n) is 18.4. The van der Waals surface area contributed by atoms with Crippen molar-refractivity contribution in [3.05, 3.63) is 81.2 Å². The number of fused-ring (bicyclic) bond motifs is 1. The van der Waals surface area contributed by atoms with E-state index in [9.17, 15) is 24.6 Å². The highest BCUT2D eigenvalue weighted by Crippen LogP contribution is 2.33. The predicted molar refractivity (Wildman–Crippen MR) is 128 cm³/mol. The van der Waals surface area contributed by atoms with Crippen LogP contribution in [-0.4, -0.2) is 40.0 Å². The van der Waals surface area contributed by atoms with E-state index in [1.807, 2.05) is 0 Å². The molecule has 4 N–H and O–H groups in total. The van der Waals surface area contributed by atoms with E-state index in [0.717, 1.165) is 0 Å². The van der Waals surface area contributed by atoms with Crippen molar-refractivity contribution < 1.29 is 29.3 Å². The van der Waals surface area contributed by atoms with Crippen LogP contribution in [0.15, 0.2) is 59.5 Å². The van der Waals surface area contributed by atoms with Crippen LogP contribution in [0.3, 0.4) is 0 Å². The maximum Gasteiger partial charge on any atom is 0.319 e. The van der Waals surface area contributed by atoms with Crippen LogP contribution >= 0.6 is 11.6 Å². The van der Waals surface area contributed by atoms with Crippen LogP contribution in [0.5, 0.6) is 17.2 Å². The van der Waals surface area contributed by atoms with Crippen molar-refractivity contribution in [1.29, 1.82) is 0 Å². The zero-order valence-corrected chi connectivity index (χ0v) is 19.1. The molecule has 2 amide bonds. The van der Waals surface area contributed by atoms with E-state index in [0.29, 0.717) is 40.9 Å². The number of aromatic hydroxyl groups is 1. The second-order valence-electron chi connectivity index (χ2n) is 7.75. The summed E-state index contributed by atoms with van der Waals surface area (Å²) >= 11 is 6.17. The number of hydrogen-bond donors (Lipinski definition) is 4. The fraction of sp³-hybridized carbons (Fsp3) is 0.208. The summed E-state index contributed by atoms with van der Waals surface area (Å²) in [6, 6.07) is 11.3. The molecule has 0 unspecified atom stereocenters. The van der Waals surface area contributed by atoms with E-state index in [2.05, 4.69) is 10.6 Å². The van der Waals surface area contributed by atoms with Gasteiger partial charge in [-0.15, -0.1) is 0 Å². The van der Waals surface area contributed by atoms with E-state index in [1.165, 1.54) is 16.8 Å². The normalized spacial score (nSPS) is 13.1. The number of anilines is 1. The first-order chi connectivity index (χ1) is 16.8. The van der Waals surface area contributed by atoms with Crippen molar-refractivity contribution in [3.63, 3.8) is 0 Å². The van der Waals surface area contributed by atoms with Crippen molar-refractivity contribution in [2.45, 2.75) is 19.0 Å². The minimum atomic E-state index is -1.14. The Morgan fingerprint density at radius 1 is 1.09 bits per heavy atom. The van der Waals surface area contributed by atoms with Crippen molar-refractivity contribution in [1.82, 2.24) is 9.88 Å². The summed E-state index contributed by atoms with van der Waals surface area (Å²) in [5.41, 5.74) is 0.139. The largest absolute Gasteiger partial charge is 0.505 e. The summed E-state index contributed by atoms with van der Waals surface area (Å²) in [4.78, 5) is 37.1. The molecule has 0 spiro atoms. The Kier molecular flexibility index (Phi) is 7.11. The molecule has 0 aliphatic carbocycles. The zero-order chi connectivity index (χ0) is 24.9. The fourth-order valence-corrected chi connectivity index (χ4v) is 3.82. The molecule has 0 fully saturated rings. The molecular weight excluding hydrogens is 478 g/mol. The molecule has 11 heteroatoms. The third-order valence-electron chi connectivity index (χ3n) is 5.33. The van der Waals surface area contributed by atoms with Gasteiger partial charge >= 0.3 is 12.0 Å². The lowest BCUT2D eigenvalue weighted by Crippen LogP contribution is -2.36. The molecule has 2 heterocycles. The van der Waals surface area contributed by atoms with Crippen molar-refractivity contribution in [3.8, 4) is 17.2 Å². The lowest BCUT2D eigenvalue weighted by atomic mass is 10.0. The second-order valence-corrected chi connectivity index (χ2v) is 8.16. The number of rotatable bonds is 7. The summed E-state index contributed by atoms with van der Waals surface area (Å²) in [7, 11) is 0. The first-order valence-corrected chi connectivity index (χ1v) is 11.0. The maximum absolute atomic E-state index is 12.9. The Hall–Kier alpha value is -4.18. The quantitative estimate of drug-likeness (QED) is 0.391. The topological polar surface area (TPSA) is 139 Å². The fourth-order valence-electron chi connectivity index (χ4n) is 3.63. The van der Waals surface area contributed by atoms with Crippen LogP contribution in [0, 0.1) is 0 Å². The van der Waals surface area contributed by atoms with Crippen LogP contribution in [0.1, 0.15) is 23.6 Å². The Bertz CT molecular complexity index is 1320. The molecule has 2 aromatic carbocycles. The van der Waals surface area contributed by atoms with Gasteiger partial charge in [-0.25, -0.2) is 4.79 Å². The van der Waals surface area contributed by atoms with Gasteiger partial charge in [0, 0.05) is 11.2 Å².